The molecule has 0 aliphatic heterocycles. The number of anilines is 1. The van der Waals surface area contributed by atoms with Crippen molar-refractivity contribution in [2.24, 2.45) is 5.92 Å². The van der Waals surface area contributed by atoms with Crippen LogP contribution in [0.25, 0.3) is 0 Å². The van der Waals surface area contributed by atoms with Crippen molar-refractivity contribution in [3.63, 3.8) is 0 Å². The summed E-state index contributed by atoms with van der Waals surface area (Å²) in [5, 5.41) is 3.07. The van der Waals surface area contributed by atoms with Crippen LogP contribution >= 0.6 is 0 Å². The van der Waals surface area contributed by atoms with Gasteiger partial charge in [0.25, 0.3) is 0 Å². The molecule has 0 atom stereocenters. The average molecular weight is 247 g/mol. The first-order chi connectivity index (χ1) is 8.74. The Morgan fingerprint density at radius 1 is 1.22 bits per heavy atom. The molecule has 2 rings (SSSR count). The highest BCUT2D eigenvalue weighted by atomic mass is 16.5. The van der Waals surface area contributed by atoms with E-state index in [1.807, 2.05) is 30.3 Å². The normalized spacial score (nSPS) is 23.4. The Kier molecular flexibility index (Phi) is 4.62. The van der Waals surface area contributed by atoms with Gasteiger partial charge in [-0.2, -0.15) is 0 Å². The van der Waals surface area contributed by atoms with Gasteiger partial charge in [0.2, 0.25) is 0 Å². The molecule has 0 radical (unpaired) electrons. The van der Waals surface area contributed by atoms with Crippen LogP contribution in [0.15, 0.2) is 30.3 Å². The van der Waals surface area contributed by atoms with Crippen LogP contribution in [0.5, 0.6) is 0 Å². The number of nitrogens with one attached hydrogen (secondary N) is 1. The zero-order chi connectivity index (χ0) is 12.8. The van der Waals surface area contributed by atoms with Crippen LogP contribution in [0.4, 0.5) is 5.69 Å². The van der Waals surface area contributed by atoms with Crippen LogP contribution in [-0.4, -0.2) is 18.6 Å². The first-order valence-corrected chi connectivity index (χ1v) is 6.72. The molecule has 0 amide bonds. The third-order valence-electron chi connectivity index (χ3n) is 3.47. The first kappa shape index (κ1) is 12.9. The van der Waals surface area contributed by atoms with Crippen LogP contribution < -0.4 is 5.32 Å². The number of rotatable bonds is 4. The second kappa shape index (κ2) is 6.43. The second-order valence-corrected chi connectivity index (χ2v) is 5.09. The molecular weight excluding hydrogens is 226 g/mol. The average Bonchev–Trinajstić information content (AvgIpc) is 2.40. The highest BCUT2D eigenvalue weighted by Crippen LogP contribution is 2.25. The third-order valence-corrected chi connectivity index (χ3v) is 3.47. The largest absolute Gasteiger partial charge is 0.461 e. The van der Waals surface area contributed by atoms with Crippen LogP contribution in [0.3, 0.4) is 0 Å². The molecule has 0 aromatic heterocycles. The Labute approximate surface area is 109 Å². The van der Waals surface area contributed by atoms with Gasteiger partial charge in [-0.25, -0.2) is 0 Å². The summed E-state index contributed by atoms with van der Waals surface area (Å²) >= 11 is 0. The minimum Gasteiger partial charge on any atom is -0.461 e. The molecule has 1 aliphatic carbocycles. The fraction of sp³-hybridized carbons (Fsp3) is 0.533. The highest BCUT2D eigenvalue weighted by Gasteiger charge is 2.21. The van der Waals surface area contributed by atoms with Crippen molar-refractivity contribution in [2.75, 3.05) is 11.9 Å². The summed E-state index contributed by atoms with van der Waals surface area (Å²) in [4.78, 5) is 11.7. The molecule has 1 aromatic rings. The molecule has 1 aromatic carbocycles. The fourth-order valence-electron chi connectivity index (χ4n) is 2.31. The summed E-state index contributed by atoms with van der Waals surface area (Å²) < 4.78 is 5.46. The number of carbonyl (C=O) groups excluding carboxylic acids is 1. The standard InChI is InChI=1S/C15H21NO2/c1-12-7-9-14(10-8-12)18-15(17)11-16-13-5-3-2-4-6-13/h2-6,12,14,16H,7-11H2,1H3. The lowest BCUT2D eigenvalue weighted by Crippen LogP contribution is -2.27. The van der Waals surface area contributed by atoms with E-state index in [1.165, 1.54) is 12.8 Å². The Bertz CT molecular complexity index is 369. The molecule has 0 heterocycles. The lowest BCUT2D eigenvalue weighted by atomic mass is 9.89. The Hall–Kier alpha value is -1.51. The van der Waals surface area contributed by atoms with E-state index in [4.69, 9.17) is 4.74 Å². The molecule has 3 nitrogen and oxygen atoms in total. The summed E-state index contributed by atoms with van der Waals surface area (Å²) in [6, 6.07) is 9.71. The molecule has 1 saturated carbocycles. The molecule has 3 heteroatoms. The number of carbonyl (C=O) groups is 1. The molecule has 1 fully saturated rings. The minimum atomic E-state index is -0.154. The Morgan fingerprint density at radius 2 is 1.89 bits per heavy atom. The van der Waals surface area contributed by atoms with Crippen molar-refractivity contribution >= 4 is 11.7 Å². The number of hydrogen-bond donors (Lipinski definition) is 1. The zero-order valence-electron chi connectivity index (χ0n) is 10.9. The second-order valence-electron chi connectivity index (χ2n) is 5.09. The van der Waals surface area contributed by atoms with Gasteiger partial charge < -0.3 is 10.1 Å². The van der Waals surface area contributed by atoms with E-state index < -0.39 is 0 Å². The molecule has 0 unspecified atom stereocenters. The van der Waals surface area contributed by atoms with E-state index in [-0.39, 0.29) is 18.6 Å². The van der Waals surface area contributed by atoms with Gasteiger partial charge in [0.1, 0.15) is 12.6 Å². The van der Waals surface area contributed by atoms with Gasteiger partial charge in [0, 0.05) is 5.69 Å². The SMILES string of the molecule is CC1CCC(OC(=O)CNc2ccccc2)CC1. The predicted octanol–water partition coefficient (Wildman–Crippen LogP) is 3.22. The number of ether oxygens (including phenoxy) is 1. The maximum Gasteiger partial charge on any atom is 0.325 e. The van der Waals surface area contributed by atoms with E-state index >= 15 is 0 Å². The maximum absolute atomic E-state index is 11.7. The van der Waals surface area contributed by atoms with Crippen LogP contribution in [-0.2, 0) is 9.53 Å². The number of hydrogen-bond acceptors (Lipinski definition) is 3. The third kappa shape index (κ3) is 4.06. The van der Waals surface area contributed by atoms with Crippen molar-refractivity contribution in [1.29, 1.82) is 0 Å². The van der Waals surface area contributed by atoms with Crippen LogP contribution in [0, 0.1) is 5.92 Å². The number of esters is 1. The molecular formula is C15H21NO2. The van der Waals surface area contributed by atoms with E-state index in [9.17, 15) is 4.79 Å². The molecule has 18 heavy (non-hydrogen) atoms. The van der Waals surface area contributed by atoms with Gasteiger partial charge in [-0.05, 0) is 43.7 Å². The van der Waals surface area contributed by atoms with Crippen molar-refractivity contribution in [3.8, 4) is 0 Å². The molecule has 0 bridgehead atoms. The van der Waals surface area contributed by atoms with Gasteiger partial charge in [-0.15, -0.1) is 0 Å². The lowest BCUT2D eigenvalue weighted by molar-refractivity contribution is -0.148. The molecule has 1 N–H and O–H groups in total. The molecule has 0 saturated heterocycles. The van der Waals surface area contributed by atoms with Crippen LogP contribution in [0.1, 0.15) is 32.6 Å². The Balaban J connectivity index is 1.69. The van der Waals surface area contributed by atoms with Gasteiger partial charge in [0.05, 0.1) is 0 Å². The Morgan fingerprint density at radius 3 is 2.56 bits per heavy atom. The summed E-state index contributed by atoms with van der Waals surface area (Å²) in [6.07, 6.45) is 4.50. The monoisotopic (exact) mass is 247 g/mol. The van der Waals surface area contributed by atoms with Crippen molar-refractivity contribution in [3.05, 3.63) is 30.3 Å². The van der Waals surface area contributed by atoms with E-state index in [2.05, 4.69) is 12.2 Å². The quantitative estimate of drug-likeness (QED) is 0.830. The van der Waals surface area contributed by atoms with Gasteiger partial charge in [-0.1, -0.05) is 25.1 Å². The van der Waals surface area contributed by atoms with E-state index in [0.717, 1.165) is 24.4 Å². The summed E-state index contributed by atoms with van der Waals surface area (Å²) in [7, 11) is 0. The number of benzene rings is 1. The fourth-order valence-corrected chi connectivity index (χ4v) is 2.31. The van der Waals surface area contributed by atoms with E-state index in [1.54, 1.807) is 0 Å². The molecule has 1 aliphatic rings. The summed E-state index contributed by atoms with van der Waals surface area (Å²) in [6.45, 7) is 2.51. The van der Waals surface area contributed by atoms with Crippen molar-refractivity contribution in [2.45, 2.75) is 38.7 Å². The number of para-hydroxylation sites is 1. The van der Waals surface area contributed by atoms with Crippen molar-refractivity contribution < 1.29 is 9.53 Å². The topological polar surface area (TPSA) is 38.3 Å². The first-order valence-electron chi connectivity index (χ1n) is 6.72. The molecule has 98 valence electrons. The lowest BCUT2D eigenvalue weighted by Gasteiger charge is -2.26. The summed E-state index contributed by atoms with van der Waals surface area (Å²) in [5.74, 6) is 0.626. The highest BCUT2D eigenvalue weighted by molar-refractivity contribution is 5.75. The van der Waals surface area contributed by atoms with Gasteiger partial charge in [-0.3, -0.25) is 4.79 Å². The molecule has 0 spiro atoms. The zero-order valence-corrected chi connectivity index (χ0v) is 10.9. The summed E-state index contributed by atoms with van der Waals surface area (Å²) in [5.41, 5.74) is 0.951. The minimum absolute atomic E-state index is 0.131. The predicted molar refractivity (Wildman–Crippen MR) is 72.4 cm³/mol. The van der Waals surface area contributed by atoms with Gasteiger partial charge >= 0.3 is 5.97 Å². The van der Waals surface area contributed by atoms with Crippen LogP contribution in [0.2, 0.25) is 0 Å². The maximum atomic E-state index is 11.7. The smallest absolute Gasteiger partial charge is 0.325 e. The van der Waals surface area contributed by atoms with E-state index in [0.29, 0.717) is 0 Å². The van der Waals surface area contributed by atoms with Crippen molar-refractivity contribution in [1.82, 2.24) is 0 Å². The van der Waals surface area contributed by atoms with Gasteiger partial charge in [0.15, 0.2) is 0 Å².